The Hall–Kier alpha value is -2.12. The second kappa shape index (κ2) is 8.09. The van der Waals surface area contributed by atoms with Crippen molar-refractivity contribution in [2.75, 3.05) is 19.7 Å². The molecule has 7 heteroatoms. The van der Waals surface area contributed by atoms with E-state index in [1.807, 2.05) is 30.8 Å². The first-order chi connectivity index (χ1) is 13.5. The summed E-state index contributed by atoms with van der Waals surface area (Å²) in [6.07, 6.45) is 5.04. The van der Waals surface area contributed by atoms with Crippen molar-refractivity contribution >= 4 is 5.91 Å². The van der Waals surface area contributed by atoms with Gasteiger partial charge in [0, 0.05) is 31.0 Å². The van der Waals surface area contributed by atoms with Crippen molar-refractivity contribution in [3.63, 3.8) is 0 Å². The molecule has 0 unspecified atom stereocenters. The fourth-order valence-electron chi connectivity index (χ4n) is 4.60. The van der Waals surface area contributed by atoms with Crippen LogP contribution in [0, 0.1) is 12.8 Å². The summed E-state index contributed by atoms with van der Waals surface area (Å²) in [4.78, 5) is 15.3. The average molecular weight is 386 g/mol. The third kappa shape index (κ3) is 3.86. The number of aliphatic hydroxyl groups is 1. The number of amides is 1. The molecule has 0 aromatic carbocycles. The molecule has 0 spiro atoms. The van der Waals surface area contributed by atoms with E-state index in [1.54, 1.807) is 0 Å². The first-order valence-corrected chi connectivity index (χ1v) is 10.3. The molecule has 2 aromatic heterocycles. The zero-order valence-corrected chi connectivity index (χ0v) is 16.8. The number of hydrogen-bond acceptors (Lipinski definition) is 5. The van der Waals surface area contributed by atoms with Crippen LogP contribution < -0.4 is 5.32 Å². The maximum absolute atomic E-state index is 12.8. The molecule has 152 valence electrons. The molecule has 1 fully saturated rings. The molecular weight excluding hydrogens is 356 g/mol. The molecule has 1 saturated heterocycles. The van der Waals surface area contributed by atoms with E-state index in [9.17, 15) is 9.90 Å². The summed E-state index contributed by atoms with van der Waals surface area (Å²) in [6.45, 7) is 4.63. The zero-order chi connectivity index (χ0) is 19.7. The molecule has 2 N–H and O–H groups in total. The van der Waals surface area contributed by atoms with Crippen molar-refractivity contribution in [1.82, 2.24) is 20.0 Å². The van der Waals surface area contributed by atoms with E-state index < -0.39 is 0 Å². The van der Waals surface area contributed by atoms with Gasteiger partial charge in [-0.1, -0.05) is 0 Å². The van der Waals surface area contributed by atoms with Gasteiger partial charge in [0.25, 0.3) is 5.91 Å². The standard InChI is InChI=1S/C21H30N4O3/c1-14-3-5-17(28-14)12-22-21(27)20-18-11-16(4-6-19(18)24(2)23-20)25-9-7-15(13-26)8-10-25/h3,5,15-16,26H,4,6-13H2,1-2H3,(H,22,27)/t16-/m0/s1. The minimum Gasteiger partial charge on any atom is -0.465 e. The molecule has 0 saturated carbocycles. The van der Waals surface area contributed by atoms with Crippen molar-refractivity contribution in [3.8, 4) is 0 Å². The van der Waals surface area contributed by atoms with Gasteiger partial charge in [0.15, 0.2) is 5.69 Å². The van der Waals surface area contributed by atoms with Gasteiger partial charge in [-0.05, 0) is 70.2 Å². The molecule has 1 amide bonds. The van der Waals surface area contributed by atoms with E-state index in [0.29, 0.717) is 30.8 Å². The summed E-state index contributed by atoms with van der Waals surface area (Å²) in [6, 6.07) is 4.24. The number of fused-ring (bicyclic) bond motifs is 1. The molecule has 2 aliphatic rings. The van der Waals surface area contributed by atoms with Crippen LogP contribution in [0.3, 0.4) is 0 Å². The lowest BCUT2D eigenvalue weighted by Crippen LogP contribution is -2.44. The summed E-state index contributed by atoms with van der Waals surface area (Å²) >= 11 is 0. The number of rotatable bonds is 5. The second-order valence-corrected chi connectivity index (χ2v) is 8.15. The Morgan fingerprint density at radius 1 is 1.32 bits per heavy atom. The second-order valence-electron chi connectivity index (χ2n) is 8.15. The summed E-state index contributed by atoms with van der Waals surface area (Å²) in [5.41, 5.74) is 2.83. The van der Waals surface area contributed by atoms with Crippen molar-refractivity contribution < 1.29 is 14.3 Å². The molecule has 1 atom stereocenters. The van der Waals surface area contributed by atoms with Gasteiger partial charge in [0.05, 0.1) is 6.54 Å². The first kappa shape index (κ1) is 19.2. The van der Waals surface area contributed by atoms with Gasteiger partial charge < -0.3 is 19.7 Å². The number of likely N-dealkylation sites (tertiary alicyclic amines) is 1. The third-order valence-corrected chi connectivity index (χ3v) is 6.29. The topological polar surface area (TPSA) is 83.5 Å². The SMILES string of the molecule is Cc1ccc(CNC(=O)c2nn(C)c3c2C[C@@H](N2CCC(CO)CC2)CC3)o1. The van der Waals surface area contributed by atoms with Gasteiger partial charge in [-0.3, -0.25) is 9.48 Å². The van der Waals surface area contributed by atoms with Crippen LogP contribution in [0.2, 0.25) is 0 Å². The average Bonchev–Trinajstić information content (AvgIpc) is 3.29. The monoisotopic (exact) mass is 386 g/mol. The Morgan fingerprint density at radius 2 is 2.11 bits per heavy atom. The van der Waals surface area contributed by atoms with Crippen LogP contribution in [0.4, 0.5) is 0 Å². The molecule has 0 bridgehead atoms. The molecule has 3 heterocycles. The number of carbonyl (C=O) groups is 1. The number of furan rings is 1. The predicted molar refractivity (Wildman–Crippen MR) is 105 cm³/mol. The van der Waals surface area contributed by atoms with Crippen molar-refractivity contribution in [2.45, 2.75) is 51.6 Å². The van der Waals surface area contributed by atoms with Gasteiger partial charge in [-0.25, -0.2) is 0 Å². The molecule has 2 aromatic rings. The minimum atomic E-state index is -0.134. The van der Waals surface area contributed by atoms with Gasteiger partial charge in [0.2, 0.25) is 0 Å². The highest BCUT2D eigenvalue weighted by Gasteiger charge is 2.32. The number of aliphatic hydroxyl groups excluding tert-OH is 1. The van der Waals surface area contributed by atoms with Crippen LogP contribution >= 0.6 is 0 Å². The Labute approximate surface area is 165 Å². The fourth-order valence-corrected chi connectivity index (χ4v) is 4.60. The van der Waals surface area contributed by atoms with Gasteiger partial charge in [-0.15, -0.1) is 0 Å². The van der Waals surface area contributed by atoms with E-state index >= 15 is 0 Å². The van der Waals surface area contributed by atoms with Gasteiger partial charge in [0.1, 0.15) is 11.5 Å². The quantitative estimate of drug-likeness (QED) is 0.819. The smallest absolute Gasteiger partial charge is 0.272 e. The molecule has 28 heavy (non-hydrogen) atoms. The highest BCUT2D eigenvalue weighted by atomic mass is 16.3. The van der Waals surface area contributed by atoms with E-state index in [4.69, 9.17) is 4.42 Å². The van der Waals surface area contributed by atoms with E-state index in [0.717, 1.165) is 62.3 Å². The summed E-state index contributed by atoms with van der Waals surface area (Å²) in [5.74, 6) is 1.90. The first-order valence-electron chi connectivity index (χ1n) is 10.3. The Morgan fingerprint density at radius 3 is 2.79 bits per heavy atom. The van der Waals surface area contributed by atoms with Crippen molar-refractivity contribution in [2.24, 2.45) is 13.0 Å². The van der Waals surface area contributed by atoms with Gasteiger partial charge >= 0.3 is 0 Å². The molecule has 1 aliphatic heterocycles. The summed E-state index contributed by atoms with van der Waals surface area (Å²) < 4.78 is 7.41. The Balaban J connectivity index is 1.44. The van der Waals surface area contributed by atoms with E-state index in [2.05, 4.69) is 15.3 Å². The normalized spacial score (nSPS) is 20.9. The van der Waals surface area contributed by atoms with Gasteiger partial charge in [-0.2, -0.15) is 5.10 Å². The fraction of sp³-hybridized carbons (Fsp3) is 0.619. The van der Waals surface area contributed by atoms with Crippen LogP contribution in [0.15, 0.2) is 16.5 Å². The summed E-state index contributed by atoms with van der Waals surface area (Å²) in [5, 5.41) is 16.9. The number of piperidine rings is 1. The lowest BCUT2D eigenvalue weighted by Gasteiger charge is -2.39. The number of aromatic nitrogens is 2. The van der Waals surface area contributed by atoms with Crippen molar-refractivity contribution in [1.29, 1.82) is 0 Å². The largest absolute Gasteiger partial charge is 0.465 e. The predicted octanol–water partition coefficient (Wildman–Crippen LogP) is 1.81. The highest BCUT2D eigenvalue weighted by Crippen LogP contribution is 2.29. The summed E-state index contributed by atoms with van der Waals surface area (Å²) in [7, 11) is 1.93. The lowest BCUT2D eigenvalue weighted by molar-refractivity contribution is 0.0915. The van der Waals surface area contributed by atoms with E-state index in [1.165, 1.54) is 5.69 Å². The number of aryl methyl sites for hydroxylation is 2. The zero-order valence-electron chi connectivity index (χ0n) is 16.8. The Kier molecular flexibility index (Phi) is 5.55. The highest BCUT2D eigenvalue weighted by molar-refractivity contribution is 5.94. The molecule has 7 nitrogen and oxygen atoms in total. The van der Waals surface area contributed by atoms with E-state index in [-0.39, 0.29) is 5.91 Å². The van der Waals surface area contributed by atoms with Crippen LogP contribution in [-0.4, -0.2) is 51.4 Å². The maximum atomic E-state index is 12.8. The minimum absolute atomic E-state index is 0.134. The molecular formula is C21H30N4O3. The van der Waals surface area contributed by atoms with Crippen LogP contribution in [0.1, 0.15) is 52.5 Å². The number of hydrogen-bond donors (Lipinski definition) is 2. The number of nitrogens with one attached hydrogen (secondary N) is 1. The van der Waals surface area contributed by atoms with Crippen LogP contribution in [0.5, 0.6) is 0 Å². The van der Waals surface area contributed by atoms with Crippen LogP contribution in [-0.2, 0) is 26.4 Å². The number of nitrogens with zero attached hydrogens (tertiary/aromatic N) is 3. The Bertz CT molecular complexity index is 833. The third-order valence-electron chi connectivity index (χ3n) is 6.29. The lowest BCUT2D eigenvalue weighted by atomic mass is 9.88. The van der Waals surface area contributed by atoms with Crippen LogP contribution in [0.25, 0.3) is 0 Å². The number of carbonyl (C=O) groups excluding carboxylic acids is 1. The maximum Gasteiger partial charge on any atom is 0.272 e. The van der Waals surface area contributed by atoms with Crippen molar-refractivity contribution in [3.05, 3.63) is 40.6 Å². The molecule has 1 aliphatic carbocycles. The molecule has 0 radical (unpaired) electrons. The molecule has 4 rings (SSSR count).